The van der Waals surface area contributed by atoms with Crippen molar-refractivity contribution < 1.29 is 33.3 Å². The molecule has 0 bridgehead atoms. The molecule has 0 N–H and O–H groups in total. The second-order valence-corrected chi connectivity index (χ2v) is 6.81. The van der Waals surface area contributed by atoms with Crippen LogP contribution in [0.2, 0.25) is 0 Å². The fraction of sp³-hybridized carbons (Fsp3) is 0. The third-order valence-corrected chi connectivity index (χ3v) is 4.02. The van der Waals surface area contributed by atoms with Crippen LogP contribution >= 0.6 is 0 Å². The second kappa shape index (κ2) is 9.43. The molecule has 0 saturated carbocycles. The van der Waals surface area contributed by atoms with E-state index in [1.54, 1.807) is 0 Å². The van der Waals surface area contributed by atoms with Gasteiger partial charge in [0.2, 0.25) is 0 Å². The van der Waals surface area contributed by atoms with Crippen molar-refractivity contribution in [2.24, 2.45) is 0 Å². The van der Waals surface area contributed by atoms with Crippen LogP contribution in [0.15, 0.2) is 95.4 Å². The summed E-state index contributed by atoms with van der Waals surface area (Å²) in [4.78, 5) is 0. The molecule has 0 atom stereocenters. The molecule has 146 valence electrons. The SMILES string of the molecule is C(=Cc1[o+]c2ccccc2cc1-c1ccccc1)c1ccccc1.[O-][Cl+3]([O-])([O-])[O-]. The highest BCUT2D eigenvalue weighted by atomic mass is 35.7. The molecular weight excluding hydrogens is 392 g/mol. The van der Waals surface area contributed by atoms with E-state index in [0.717, 1.165) is 33.4 Å². The van der Waals surface area contributed by atoms with Gasteiger partial charge in [-0.3, -0.25) is 0 Å². The van der Waals surface area contributed by atoms with Crippen LogP contribution in [-0.2, 0) is 0 Å². The third kappa shape index (κ3) is 6.50. The number of halogens is 1. The molecule has 4 aromatic rings. The van der Waals surface area contributed by atoms with E-state index in [4.69, 9.17) is 23.1 Å². The molecule has 29 heavy (non-hydrogen) atoms. The monoisotopic (exact) mass is 408 g/mol. The van der Waals surface area contributed by atoms with Crippen LogP contribution in [0.3, 0.4) is 0 Å². The molecule has 6 heteroatoms. The van der Waals surface area contributed by atoms with Gasteiger partial charge in [-0.15, -0.1) is 10.2 Å². The van der Waals surface area contributed by atoms with Gasteiger partial charge in [0.05, 0.1) is 10.9 Å². The zero-order chi connectivity index (χ0) is 20.7. The molecule has 0 amide bonds. The first-order chi connectivity index (χ1) is 13.9. The average molecular weight is 409 g/mol. The van der Waals surface area contributed by atoms with Crippen LogP contribution < -0.4 is 18.6 Å². The van der Waals surface area contributed by atoms with Crippen LogP contribution in [0.5, 0.6) is 0 Å². The van der Waals surface area contributed by atoms with Crippen molar-refractivity contribution in [2.45, 2.75) is 0 Å². The highest BCUT2D eigenvalue weighted by molar-refractivity contribution is 5.87. The predicted octanol–water partition coefficient (Wildman–Crippen LogP) is 1.80. The van der Waals surface area contributed by atoms with Crippen molar-refractivity contribution in [3.63, 3.8) is 0 Å². The number of fused-ring (bicyclic) bond motifs is 1. The Morgan fingerprint density at radius 3 is 1.86 bits per heavy atom. The maximum atomic E-state index is 8.49. The first-order valence-corrected chi connectivity index (χ1v) is 9.90. The Morgan fingerprint density at radius 1 is 0.655 bits per heavy atom. The Hall–Kier alpha value is -3.06. The molecular formula is C23H17ClO5. The van der Waals surface area contributed by atoms with Crippen LogP contribution in [0, 0.1) is 10.2 Å². The summed E-state index contributed by atoms with van der Waals surface area (Å²) in [6, 6.07) is 30.9. The summed E-state index contributed by atoms with van der Waals surface area (Å²) in [6.45, 7) is 0. The van der Waals surface area contributed by atoms with E-state index < -0.39 is 10.2 Å². The molecule has 0 unspecified atom stereocenters. The van der Waals surface area contributed by atoms with E-state index in [9.17, 15) is 0 Å². The minimum absolute atomic E-state index is 0.865. The normalized spacial score (nSPS) is 11.3. The predicted molar refractivity (Wildman–Crippen MR) is 101 cm³/mol. The fourth-order valence-corrected chi connectivity index (χ4v) is 2.80. The Bertz CT molecular complexity index is 1080. The summed E-state index contributed by atoms with van der Waals surface area (Å²) < 4.78 is 40.2. The van der Waals surface area contributed by atoms with Crippen LogP contribution in [0.1, 0.15) is 11.3 Å². The van der Waals surface area contributed by atoms with Gasteiger partial charge in [0.25, 0.3) is 0 Å². The highest BCUT2D eigenvalue weighted by Crippen LogP contribution is 2.30. The van der Waals surface area contributed by atoms with Gasteiger partial charge in [-0.25, -0.2) is 23.1 Å². The molecule has 0 aliphatic rings. The highest BCUT2D eigenvalue weighted by Gasteiger charge is 2.17. The largest absolute Gasteiger partial charge is 0.361 e. The van der Waals surface area contributed by atoms with Gasteiger partial charge in [-0.05, 0) is 29.3 Å². The van der Waals surface area contributed by atoms with Gasteiger partial charge in [-0.1, -0.05) is 72.8 Å². The standard InChI is InChI=1S/C23H17O.ClHO4/c1-3-9-18(10-4-1)15-16-23-21(19-11-5-2-6-12-19)17-20-13-7-8-14-22(20)24-23;2-1(3,4)5/h1-17H;(H,2,3,4,5)/q+1;/p-1. The Morgan fingerprint density at radius 2 is 1.21 bits per heavy atom. The summed E-state index contributed by atoms with van der Waals surface area (Å²) in [5.41, 5.74) is 4.30. The van der Waals surface area contributed by atoms with E-state index in [2.05, 4.69) is 54.6 Å². The van der Waals surface area contributed by atoms with Crippen LogP contribution in [0.25, 0.3) is 34.2 Å². The van der Waals surface area contributed by atoms with E-state index in [0.29, 0.717) is 0 Å². The molecule has 5 nitrogen and oxygen atoms in total. The smallest absolute Gasteiger partial charge is 0.222 e. The minimum atomic E-state index is -4.94. The lowest BCUT2D eigenvalue weighted by Gasteiger charge is -2.17. The van der Waals surface area contributed by atoms with Crippen molar-refractivity contribution in [1.82, 2.24) is 0 Å². The lowest BCUT2D eigenvalue weighted by Crippen LogP contribution is -2.68. The number of benzene rings is 3. The van der Waals surface area contributed by atoms with E-state index in [-0.39, 0.29) is 0 Å². The lowest BCUT2D eigenvalue weighted by atomic mass is 10.0. The summed E-state index contributed by atoms with van der Waals surface area (Å²) >= 11 is 0. The quantitative estimate of drug-likeness (QED) is 0.481. The number of para-hydroxylation sites is 1. The Labute approximate surface area is 170 Å². The summed E-state index contributed by atoms with van der Waals surface area (Å²) in [5, 5.41) is 1.10. The van der Waals surface area contributed by atoms with Crippen molar-refractivity contribution >= 4 is 23.1 Å². The lowest BCUT2D eigenvalue weighted by molar-refractivity contribution is -2.00. The van der Waals surface area contributed by atoms with E-state index in [1.165, 1.54) is 0 Å². The number of hydrogen-bond donors (Lipinski definition) is 0. The van der Waals surface area contributed by atoms with Crippen LogP contribution in [0.4, 0.5) is 0 Å². The fourth-order valence-electron chi connectivity index (χ4n) is 2.80. The van der Waals surface area contributed by atoms with Gasteiger partial charge in [0.15, 0.2) is 0 Å². The zero-order valence-corrected chi connectivity index (χ0v) is 16.0. The number of rotatable bonds is 3. The summed E-state index contributed by atoms with van der Waals surface area (Å²) in [6.07, 6.45) is 4.13. The van der Waals surface area contributed by atoms with Crippen molar-refractivity contribution in [1.29, 1.82) is 0 Å². The molecule has 0 aliphatic carbocycles. The Balaban J connectivity index is 0.000000431. The second-order valence-electron chi connectivity index (χ2n) is 6.05. The minimum Gasteiger partial charge on any atom is -0.222 e. The Kier molecular flexibility index (Phi) is 6.72. The average Bonchev–Trinajstić information content (AvgIpc) is 2.72. The van der Waals surface area contributed by atoms with Gasteiger partial charge in [0, 0.05) is 12.1 Å². The molecule has 1 heterocycles. The molecule has 0 radical (unpaired) electrons. The molecule has 0 fully saturated rings. The molecule has 4 rings (SSSR count). The molecule has 1 aromatic heterocycles. The van der Waals surface area contributed by atoms with Gasteiger partial charge in [-0.2, -0.15) is 0 Å². The van der Waals surface area contributed by atoms with Crippen LogP contribution in [-0.4, -0.2) is 0 Å². The summed E-state index contributed by atoms with van der Waals surface area (Å²) in [7, 11) is -4.94. The van der Waals surface area contributed by atoms with Crippen molar-refractivity contribution in [3.05, 3.63) is 102 Å². The van der Waals surface area contributed by atoms with E-state index >= 15 is 0 Å². The van der Waals surface area contributed by atoms with Crippen molar-refractivity contribution in [2.75, 3.05) is 0 Å². The topological polar surface area (TPSA) is 104 Å². The maximum absolute atomic E-state index is 8.49. The maximum Gasteiger partial charge on any atom is 0.361 e. The van der Waals surface area contributed by atoms with Gasteiger partial charge in [0.1, 0.15) is 0 Å². The zero-order valence-electron chi connectivity index (χ0n) is 15.2. The first-order valence-electron chi connectivity index (χ1n) is 8.66. The van der Waals surface area contributed by atoms with Crippen molar-refractivity contribution in [3.8, 4) is 11.1 Å². The molecule has 0 saturated heterocycles. The molecule has 0 spiro atoms. The number of hydrogen-bond acceptors (Lipinski definition) is 4. The van der Waals surface area contributed by atoms with Gasteiger partial charge >= 0.3 is 11.3 Å². The third-order valence-electron chi connectivity index (χ3n) is 4.02. The molecule has 0 aliphatic heterocycles. The molecule has 3 aromatic carbocycles. The summed E-state index contributed by atoms with van der Waals surface area (Å²) in [5.74, 6) is 0.865. The van der Waals surface area contributed by atoms with E-state index in [1.807, 2.05) is 48.5 Å². The first kappa shape index (κ1) is 20.7. The van der Waals surface area contributed by atoms with Gasteiger partial charge < -0.3 is 0 Å².